The molecular formula is C38H38FN5O3. The summed E-state index contributed by atoms with van der Waals surface area (Å²) in [5.74, 6) is 0.750. The number of aliphatic hydroxyl groups is 1. The molecular weight excluding hydrogens is 593 g/mol. The van der Waals surface area contributed by atoms with Crippen LogP contribution in [0.4, 0.5) is 10.1 Å². The molecule has 3 aliphatic rings. The van der Waals surface area contributed by atoms with Crippen molar-refractivity contribution >= 4 is 22.6 Å². The SMILES string of the molecule is CN1CCN(Cc2ccc(-c3cc4c(-c5cccc(N6CCOc7cc(C8CC8)ccc7C6=O)c5CO)ccnc4[nH]3)c(F)c2)CC1. The number of rotatable bonds is 7. The van der Waals surface area contributed by atoms with Gasteiger partial charge in [0.05, 0.1) is 30.1 Å². The van der Waals surface area contributed by atoms with Gasteiger partial charge in [0, 0.05) is 55.4 Å². The minimum Gasteiger partial charge on any atom is -0.491 e. The second-order valence-corrected chi connectivity index (χ2v) is 13.0. The van der Waals surface area contributed by atoms with Crippen molar-refractivity contribution in [2.45, 2.75) is 31.9 Å². The van der Waals surface area contributed by atoms with Gasteiger partial charge in [0.2, 0.25) is 0 Å². The first-order valence-corrected chi connectivity index (χ1v) is 16.5. The first-order valence-electron chi connectivity index (χ1n) is 16.5. The number of hydrogen-bond acceptors (Lipinski definition) is 6. The lowest BCUT2D eigenvalue weighted by Gasteiger charge is -2.32. The Morgan fingerprint density at radius 1 is 0.936 bits per heavy atom. The highest BCUT2D eigenvalue weighted by Gasteiger charge is 2.30. The monoisotopic (exact) mass is 631 g/mol. The van der Waals surface area contributed by atoms with E-state index < -0.39 is 0 Å². The minimum absolute atomic E-state index is 0.151. The molecule has 0 bridgehead atoms. The Labute approximate surface area is 273 Å². The molecule has 1 saturated heterocycles. The number of aromatic amines is 1. The third-order valence-electron chi connectivity index (χ3n) is 9.85. The molecule has 0 atom stereocenters. The van der Waals surface area contributed by atoms with Crippen LogP contribution in [0.5, 0.6) is 5.75 Å². The third kappa shape index (κ3) is 5.69. The fraction of sp³-hybridized carbons (Fsp3) is 0.316. The molecule has 240 valence electrons. The summed E-state index contributed by atoms with van der Waals surface area (Å²) in [6.45, 7) is 5.14. The van der Waals surface area contributed by atoms with Crippen LogP contribution in [-0.2, 0) is 13.2 Å². The molecule has 0 spiro atoms. The van der Waals surface area contributed by atoms with Crippen LogP contribution in [0.3, 0.4) is 0 Å². The van der Waals surface area contributed by atoms with E-state index >= 15 is 4.39 Å². The average Bonchev–Trinajstić information content (AvgIpc) is 3.87. The highest BCUT2D eigenvalue weighted by molar-refractivity contribution is 6.09. The van der Waals surface area contributed by atoms with Crippen molar-refractivity contribution < 1.29 is 19.0 Å². The molecule has 0 unspecified atom stereocenters. The van der Waals surface area contributed by atoms with E-state index in [1.165, 1.54) is 18.4 Å². The van der Waals surface area contributed by atoms with Crippen LogP contribution in [-0.4, -0.2) is 77.2 Å². The highest BCUT2D eigenvalue weighted by atomic mass is 19.1. The van der Waals surface area contributed by atoms with E-state index in [1.807, 2.05) is 60.7 Å². The summed E-state index contributed by atoms with van der Waals surface area (Å²) in [5, 5.41) is 11.6. The maximum atomic E-state index is 15.6. The smallest absolute Gasteiger partial charge is 0.262 e. The molecule has 9 heteroatoms. The van der Waals surface area contributed by atoms with E-state index in [0.29, 0.717) is 58.5 Å². The van der Waals surface area contributed by atoms with Crippen LogP contribution < -0.4 is 9.64 Å². The van der Waals surface area contributed by atoms with Crippen LogP contribution in [0.15, 0.2) is 72.9 Å². The Bertz CT molecular complexity index is 1980. The van der Waals surface area contributed by atoms with E-state index in [4.69, 9.17) is 4.74 Å². The van der Waals surface area contributed by atoms with Crippen LogP contribution in [0.25, 0.3) is 33.4 Å². The number of nitrogens with one attached hydrogen (secondary N) is 1. The molecule has 5 aromatic rings. The molecule has 0 radical (unpaired) electrons. The predicted octanol–water partition coefficient (Wildman–Crippen LogP) is 6.19. The standard InChI is InChI=1S/C38H38FN5O3/c1-42-13-15-43(16-14-42)22-24-5-9-29(33(39)19-24)34-21-31-28(11-12-40-37(31)41-34)27-3-2-4-35(32(27)23-45)44-17-18-47-36-20-26(25-6-7-25)8-10-30(36)38(44)46/h2-5,8-12,19-21,25,45H,6-7,13-18,22-23H2,1H3,(H,40,41). The zero-order valence-electron chi connectivity index (χ0n) is 26.5. The first kappa shape index (κ1) is 29.8. The average molecular weight is 632 g/mol. The lowest BCUT2D eigenvalue weighted by Crippen LogP contribution is -2.43. The number of H-pyrrole nitrogens is 1. The van der Waals surface area contributed by atoms with Crippen molar-refractivity contribution in [2.75, 3.05) is 51.3 Å². The fourth-order valence-corrected chi connectivity index (χ4v) is 7.02. The topological polar surface area (TPSA) is 84.9 Å². The Hall–Kier alpha value is -4.57. The highest BCUT2D eigenvalue weighted by Crippen LogP contribution is 2.43. The number of likely N-dealkylation sites (N-methyl/N-ethyl adjacent to an activating group) is 1. The number of ether oxygens (including phenoxy) is 1. The summed E-state index contributed by atoms with van der Waals surface area (Å²) in [4.78, 5) is 28.2. The Morgan fingerprint density at radius 3 is 2.55 bits per heavy atom. The van der Waals surface area contributed by atoms with Gasteiger partial charge in [-0.25, -0.2) is 9.37 Å². The summed E-state index contributed by atoms with van der Waals surface area (Å²) in [5.41, 5.74) is 7.32. The Balaban J connectivity index is 1.11. The predicted molar refractivity (Wildman–Crippen MR) is 181 cm³/mol. The van der Waals surface area contributed by atoms with Crippen molar-refractivity contribution in [1.29, 1.82) is 0 Å². The van der Waals surface area contributed by atoms with Crippen LogP contribution in [0.1, 0.15) is 45.8 Å². The lowest BCUT2D eigenvalue weighted by molar-refractivity contribution is 0.0989. The number of amides is 1. The van der Waals surface area contributed by atoms with Crippen molar-refractivity contribution in [2.24, 2.45) is 0 Å². The molecule has 1 saturated carbocycles. The second-order valence-electron chi connectivity index (χ2n) is 13.0. The van der Waals surface area contributed by atoms with E-state index in [2.05, 4.69) is 26.8 Å². The molecule has 47 heavy (non-hydrogen) atoms. The van der Waals surface area contributed by atoms with Gasteiger partial charge in [-0.1, -0.05) is 24.3 Å². The van der Waals surface area contributed by atoms with Gasteiger partial charge in [-0.15, -0.1) is 0 Å². The number of pyridine rings is 1. The summed E-state index contributed by atoms with van der Waals surface area (Å²) in [6.07, 6.45) is 4.06. The quantitative estimate of drug-likeness (QED) is 0.223. The summed E-state index contributed by atoms with van der Waals surface area (Å²) in [6, 6.07) is 20.9. The summed E-state index contributed by atoms with van der Waals surface area (Å²) < 4.78 is 21.6. The minimum atomic E-state index is -0.283. The summed E-state index contributed by atoms with van der Waals surface area (Å²) >= 11 is 0. The normalized spacial score (nSPS) is 17.5. The number of benzene rings is 3. The maximum Gasteiger partial charge on any atom is 0.262 e. The van der Waals surface area contributed by atoms with Crippen molar-refractivity contribution in [3.05, 3.63) is 101 Å². The van der Waals surface area contributed by atoms with Crippen LogP contribution in [0, 0.1) is 5.82 Å². The first-order chi connectivity index (χ1) is 23.0. The largest absolute Gasteiger partial charge is 0.491 e. The van der Waals surface area contributed by atoms with E-state index in [1.54, 1.807) is 17.2 Å². The van der Waals surface area contributed by atoms with Crippen molar-refractivity contribution in [3.8, 4) is 28.1 Å². The Kier molecular flexibility index (Phi) is 7.75. The van der Waals surface area contributed by atoms with Crippen LogP contribution in [0.2, 0.25) is 0 Å². The maximum absolute atomic E-state index is 15.6. The summed E-state index contributed by atoms with van der Waals surface area (Å²) in [7, 11) is 2.13. The van der Waals surface area contributed by atoms with Gasteiger partial charge in [-0.2, -0.15) is 0 Å². The zero-order valence-corrected chi connectivity index (χ0v) is 26.5. The number of anilines is 1. The number of carbonyl (C=O) groups is 1. The van der Waals surface area contributed by atoms with Crippen molar-refractivity contribution in [3.63, 3.8) is 0 Å². The number of halogens is 1. The number of nitrogens with zero attached hydrogens (tertiary/aromatic N) is 4. The number of aliphatic hydroxyl groups excluding tert-OH is 1. The van der Waals surface area contributed by atoms with E-state index in [9.17, 15) is 9.90 Å². The van der Waals surface area contributed by atoms with E-state index in [0.717, 1.165) is 54.8 Å². The number of carbonyl (C=O) groups excluding carboxylic acids is 1. The molecule has 4 heterocycles. The molecule has 1 amide bonds. The molecule has 2 N–H and O–H groups in total. The van der Waals surface area contributed by atoms with Gasteiger partial charge >= 0.3 is 0 Å². The molecule has 2 fully saturated rings. The zero-order chi connectivity index (χ0) is 32.1. The fourth-order valence-electron chi connectivity index (χ4n) is 7.02. The molecule has 2 aromatic heterocycles. The third-order valence-corrected chi connectivity index (χ3v) is 9.85. The number of piperazine rings is 1. The Morgan fingerprint density at radius 2 is 1.77 bits per heavy atom. The number of hydrogen-bond donors (Lipinski definition) is 2. The molecule has 8 rings (SSSR count). The van der Waals surface area contributed by atoms with Crippen LogP contribution >= 0.6 is 0 Å². The molecule has 1 aliphatic carbocycles. The number of fused-ring (bicyclic) bond motifs is 2. The van der Waals surface area contributed by atoms with Gasteiger partial charge in [0.1, 0.15) is 23.8 Å². The molecule has 8 nitrogen and oxygen atoms in total. The molecule has 2 aliphatic heterocycles. The van der Waals surface area contributed by atoms with Gasteiger partial charge in [-0.3, -0.25) is 9.69 Å². The van der Waals surface area contributed by atoms with E-state index in [-0.39, 0.29) is 18.3 Å². The van der Waals surface area contributed by atoms with Gasteiger partial charge in [0.25, 0.3) is 5.91 Å². The van der Waals surface area contributed by atoms with Gasteiger partial charge in [-0.05, 0) is 90.5 Å². The van der Waals surface area contributed by atoms with Crippen molar-refractivity contribution in [1.82, 2.24) is 19.8 Å². The lowest BCUT2D eigenvalue weighted by atomic mass is 9.96. The number of aromatic nitrogens is 2. The molecule has 3 aromatic carbocycles. The van der Waals surface area contributed by atoms with Gasteiger partial charge in [0.15, 0.2) is 0 Å². The van der Waals surface area contributed by atoms with Gasteiger partial charge < -0.3 is 24.6 Å². The second kappa shape index (κ2) is 12.2.